The number of alkyl halides is 3. The van der Waals surface area contributed by atoms with Gasteiger partial charge in [-0.25, -0.2) is 4.39 Å². The largest absolute Gasteiger partial charge is 0.416 e. The van der Waals surface area contributed by atoms with Crippen LogP contribution >= 0.6 is 12.4 Å². The Balaban J connectivity index is 0.00000220. The minimum Gasteiger partial charge on any atom is -0.314 e. The van der Waals surface area contributed by atoms with Crippen LogP contribution in [0.25, 0.3) is 0 Å². The Bertz CT molecular complexity index is 459. The average Bonchev–Trinajstić information content (AvgIpc) is 2.41. The van der Waals surface area contributed by atoms with Gasteiger partial charge < -0.3 is 5.32 Å². The molecule has 1 heterocycles. The molecule has 0 amide bonds. The molecule has 1 fully saturated rings. The Hall–Kier alpha value is -0.850. The zero-order valence-electron chi connectivity index (χ0n) is 11.7. The predicted molar refractivity (Wildman–Crippen MR) is 76.1 cm³/mol. The number of nitrogens with one attached hydrogen (secondary N) is 1. The second-order valence-electron chi connectivity index (χ2n) is 4.94. The number of rotatable bonds is 3. The number of hydrogen-bond donors (Lipinski definition) is 1. The average molecular weight is 327 g/mol. The van der Waals surface area contributed by atoms with E-state index in [1.807, 2.05) is 11.8 Å². The Morgan fingerprint density at radius 1 is 1.24 bits per heavy atom. The molecular weight excluding hydrogens is 308 g/mol. The molecular formula is C14H19ClF4N2. The van der Waals surface area contributed by atoms with E-state index in [-0.39, 0.29) is 24.0 Å². The second-order valence-corrected chi connectivity index (χ2v) is 4.94. The van der Waals surface area contributed by atoms with E-state index in [9.17, 15) is 17.6 Å². The summed E-state index contributed by atoms with van der Waals surface area (Å²) in [6.07, 6.45) is -3.96. The van der Waals surface area contributed by atoms with Gasteiger partial charge in [0.1, 0.15) is 5.82 Å². The summed E-state index contributed by atoms with van der Waals surface area (Å²) in [5, 5.41) is 3.18. The van der Waals surface area contributed by atoms with E-state index in [0.717, 1.165) is 19.2 Å². The molecule has 0 unspecified atom stereocenters. The Labute approximate surface area is 127 Å². The molecule has 7 heteroatoms. The maximum Gasteiger partial charge on any atom is 0.416 e. The zero-order valence-corrected chi connectivity index (χ0v) is 12.5. The quantitative estimate of drug-likeness (QED) is 0.853. The van der Waals surface area contributed by atoms with Crippen molar-refractivity contribution in [2.75, 3.05) is 26.2 Å². The lowest BCUT2D eigenvalue weighted by molar-refractivity contribution is -0.139. The highest BCUT2D eigenvalue weighted by atomic mass is 35.5. The van der Waals surface area contributed by atoms with Crippen LogP contribution in [0.1, 0.15) is 30.5 Å². The van der Waals surface area contributed by atoms with Gasteiger partial charge in [-0.15, -0.1) is 12.4 Å². The molecule has 2 nitrogen and oxygen atoms in total. The molecule has 0 saturated carbocycles. The monoisotopic (exact) mass is 326 g/mol. The van der Waals surface area contributed by atoms with Crippen molar-refractivity contribution in [3.05, 3.63) is 35.1 Å². The van der Waals surface area contributed by atoms with E-state index < -0.39 is 17.6 Å². The van der Waals surface area contributed by atoms with Gasteiger partial charge in [0, 0.05) is 32.2 Å². The van der Waals surface area contributed by atoms with Crippen molar-refractivity contribution in [3.63, 3.8) is 0 Å². The summed E-state index contributed by atoms with van der Waals surface area (Å²) in [5.74, 6) is -0.851. The van der Waals surface area contributed by atoms with Crippen molar-refractivity contribution in [2.24, 2.45) is 0 Å². The summed E-state index contributed by atoms with van der Waals surface area (Å²) >= 11 is 0. The molecule has 21 heavy (non-hydrogen) atoms. The molecule has 120 valence electrons. The first-order valence-corrected chi connectivity index (χ1v) is 6.75. The fraction of sp³-hybridized carbons (Fsp3) is 0.571. The van der Waals surface area contributed by atoms with Crippen LogP contribution in [0.2, 0.25) is 0 Å². The Morgan fingerprint density at radius 2 is 1.86 bits per heavy atom. The fourth-order valence-electron chi connectivity index (χ4n) is 2.73. The van der Waals surface area contributed by atoms with Gasteiger partial charge in [0.25, 0.3) is 0 Å². The van der Waals surface area contributed by atoms with Crippen LogP contribution in [0.15, 0.2) is 18.2 Å². The topological polar surface area (TPSA) is 15.3 Å². The van der Waals surface area contributed by atoms with Crippen LogP contribution in [0.5, 0.6) is 0 Å². The van der Waals surface area contributed by atoms with Crippen LogP contribution in [0.4, 0.5) is 17.6 Å². The molecule has 1 aromatic rings. The molecule has 1 atom stereocenters. The van der Waals surface area contributed by atoms with Gasteiger partial charge in [-0.05, 0) is 24.1 Å². The maximum atomic E-state index is 13.2. The molecule has 0 radical (unpaired) electrons. The van der Waals surface area contributed by atoms with E-state index in [2.05, 4.69) is 5.32 Å². The lowest BCUT2D eigenvalue weighted by Gasteiger charge is -2.35. The standard InChI is InChI=1S/C14H18F4N2.ClH/c1-2-13(20-7-5-19-6-8-20)11-4-3-10(15)9-12(11)14(16,17)18;/h3-4,9,13,19H,2,5-8H2,1H3;1H/t13-;/m1./s1. The van der Waals surface area contributed by atoms with Crippen molar-refractivity contribution in [1.82, 2.24) is 10.2 Å². The van der Waals surface area contributed by atoms with Gasteiger partial charge in [0.15, 0.2) is 0 Å². The third-order valence-corrected chi connectivity index (χ3v) is 3.66. The molecule has 1 aromatic carbocycles. The molecule has 1 N–H and O–H groups in total. The normalized spacial score (nSPS) is 18.1. The highest BCUT2D eigenvalue weighted by Crippen LogP contribution is 2.38. The van der Waals surface area contributed by atoms with E-state index in [1.165, 1.54) is 6.07 Å². The third-order valence-electron chi connectivity index (χ3n) is 3.66. The molecule has 0 aromatic heterocycles. The molecule has 2 rings (SSSR count). The van der Waals surface area contributed by atoms with Gasteiger partial charge in [-0.1, -0.05) is 13.0 Å². The van der Waals surface area contributed by atoms with Gasteiger partial charge in [0.2, 0.25) is 0 Å². The van der Waals surface area contributed by atoms with Gasteiger partial charge in [0.05, 0.1) is 5.56 Å². The predicted octanol–water partition coefficient (Wildman–Crippen LogP) is 3.62. The molecule has 0 bridgehead atoms. The van der Waals surface area contributed by atoms with E-state index >= 15 is 0 Å². The van der Waals surface area contributed by atoms with Crippen molar-refractivity contribution < 1.29 is 17.6 Å². The number of halogens is 5. The summed E-state index contributed by atoms with van der Waals surface area (Å²) in [4.78, 5) is 2.03. The van der Waals surface area contributed by atoms with Crippen LogP contribution in [0.3, 0.4) is 0 Å². The van der Waals surface area contributed by atoms with Crippen LogP contribution < -0.4 is 5.32 Å². The number of benzene rings is 1. The van der Waals surface area contributed by atoms with Crippen molar-refractivity contribution in [1.29, 1.82) is 0 Å². The van der Waals surface area contributed by atoms with E-state index in [0.29, 0.717) is 25.6 Å². The third kappa shape index (κ3) is 4.31. The smallest absolute Gasteiger partial charge is 0.314 e. The van der Waals surface area contributed by atoms with Gasteiger partial charge in [-0.3, -0.25) is 4.90 Å². The summed E-state index contributed by atoms with van der Waals surface area (Å²) in [6, 6.07) is 2.65. The van der Waals surface area contributed by atoms with Gasteiger partial charge in [-0.2, -0.15) is 13.2 Å². The molecule has 0 aliphatic carbocycles. The van der Waals surface area contributed by atoms with Gasteiger partial charge >= 0.3 is 6.18 Å². The second kappa shape index (κ2) is 7.42. The lowest BCUT2D eigenvalue weighted by atomic mass is 9.96. The Kier molecular flexibility index (Phi) is 6.43. The summed E-state index contributed by atoms with van der Waals surface area (Å²) in [5.41, 5.74) is -0.689. The first-order valence-electron chi connectivity index (χ1n) is 6.75. The molecule has 0 spiro atoms. The highest BCUT2D eigenvalue weighted by molar-refractivity contribution is 5.85. The molecule has 1 aliphatic heterocycles. The summed E-state index contributed by atoms with van der Waals surface area (Å²) in [7, 11) is 0. The van der Waals surface area contributed by atoms with Crippen molar-refractivity contribution in [3.8, 4) is 0 Å². The minimum absolute atomic E-state index is 0. The van der Waals surface area contributed by atoms with Crippen LogP contribution in [-0.2, 0) is 6.18 Å². The SMILES string of the molecule is CC[C@H](c1ccc(F)cc1C(F)(F)F)N1CCNCC1.Cl. The minimum atomic E-state index is -4.53. The number of nitrogens with zero attached hydrogens (tertiary/aromatic N) is 1. The fourth-order valence-corrected chi connectivity index (χ4v) is 2.73. The molecule has 1 aliphatic rings. The zero-order chi connectivity index (χ0) is 14.8. The lowest BCUT2D eigenvalue weighted by Crippen LogP contribution is -2.45. The number of piperazine rings is 1. The van der Waals surface area contributed by atoms with E-state index in [1.54, 1.807) is 0 Å². The first-order chi connectivity index (χ1) is 9.43. The summed E-state index contributed by atoms with van der Waals surface area (Å²) < 4.78 is 52.4. The van der Waals surface area contributed by atoms with Crippen molar-refractivity contribution in [2.45, 2.75) is 25.6 Å². The first kappa shape index (κ1) is 18.2. The van der Waals surface area contributed by atoms with Crippen molar-refractivity contribution >= 4 is 12.4 Å². The van der Waals surface area contributed by atoms with Crippen LogP contribution in [0, 0.1) is 5.82 Å². The van der Waals surface area contributed by atoms with Crippen LogP contribution in [-0.4, -0.2) is 31.1 Å². The van der Waals surface area contributed by atoms with E-state index in [4.69, 9.17) is 0 Å². The number of hydrogen-bond acceptors (Lipinski definition) is 2. The summed E-state index contributed by atoms with van der Waals surface area (Å²) in [6.45, 7) is 4.79. The highest BCUT2D eigenvalue weighted by Gasteiger charge is 2.36. The Morgan fingerprint density at radius 3 is 2.38 bits per heavy atom. The maximum absolute atomic E-state index is 13.2. The molecule has 1 saturated heterocycles.